The lowest BCUT2D eigenvalue weighted by Gasteiger charge is -2.25. The first-order chi connectivity index (χ1) is 11.5. The first kappa shape index (κ1) is 22.7. The van der Waals surface area contributed by atoms with Crippen LogP contribution < -0.4 is 21.7 Å². The third kappa shape index (κ3) is 7.89. The minimum Gasteiger partial charge on any atom is -0.480 e. The quantitative estimate of drug-likeness (QED) is 0.187. The summed E-state index contributed by atoms with van der Waals surface area (Å²) in [6.45, 7) is 0.892. The largest absolute Gasteiger partial charge is 0.480 e. The van der Waals surface area contributed by atoms with Gasteiger partial charge in [-0.05, 0) is 13.8 Å². The number of carbonyl (C=O) groups is 4. The molecule has 5 unspecified atom stereocenters. The van der Waals surface area contributed by atoms with Crippen molar-refractivity contribution < 1.29 is 39.6 Å². The van der Waals surface area contributed by atoms with Crippen molar-refractivity contribution in [3.63, 3.8) is 0 Å². The summed E-state index contributed by atoms with van der Waals surface area (Å²) in [5.41, 5.74) is 5.42. The molecule has 0 aliphatic heterocycles. The number of rotatable bonds is 10. The molecule has 0 aliphatic rings. The molecule has 0 aromatic heterocycles. The number of hydrogen-bond acceptors (Lipinski definition) is 8. The summed E-state index contributed by atoms with van der Waals surface area (Å²) in [5.74, 6) is -4.20. The van der Waals surface area contributed by atoms with Crippen LogP contribution in [0.4, 0.5) is 0 Å². The van der Waals surface area contributed by atoms with Crippen LogP contribution in [0.15, 0.2) is 0 Å². The van der Waals surface area contributed by atoms with Crippen LogP contribution in [-0.2, 0) is 19.2 Å². The number of nitrogens with two attached hydrogens (primary N) is 1. The molecule has 0 spiro atoms. The summed E-state index contributed by atoms with van der Waals surface area (Å²) in [7, 11) is 0. The van der Waals surface area contributed by atoms with E-state index < -0.39 is 67.2 Å². The Balaban J connectivity index is 4.94. The molecule has 0 aliphatic carbocycles. The first-order valence-electron chi connectivity index (χ1n) is 7.34. The average Bonchev–Trinajstić information content (AvgIpc) is 2.53. The monoisotopic (exact) mass is 364 g/mol. The number of nitrogens with one attached hydrogen (secondary N) is 3. The van der Waals surface area contributed by atoms with Crippen molar-refractivity contribution in [2.24, 2.45) is 5.73 Å². The van der Waals surface area contributed by atoms with Crippen molar-refractivity contribution in [3.8, 4) is 0 Å². The lowest BCUT2D eigenvalue weighted by Crippen LogP contribution is -2.60. The van der Waals surface area contributed by atoms with Gasteiger partial charge in [-0.25, -0.2) is 0 Å². The van der Waals surface area contributed by atoms with Crippen LogP contribution >= 0.6 is 0 Å². The van der Waals surface area contributed by atoms with Gasteiger partial charge in [0.05, 0.1) is 18.8 Å². The summed E-state index contributed by atoms with van der Waals surface area (Å²) in [5, 5.41) is 42.7. The highest BCUT2D eigenvalue weighted by atomic mass is 16.4. The molecule has 12 heteroatoms. The number of carboxylic acid groups (broad SMARTS) is 1. The normalized spacial score (nSPS) is 16.7. The maximum absolute atomic E-state index is 12.1. The Morgan fingerprint density at radius 2 is 1.52 bits per heavy atom. The highest BCUT2D eigenvalue weighted by molar-refractivity contribution is 5.94. The van der Waals surface area contributed by atoms with Gasteiger partial charge in [0.15, 0.2) is 0 Å². The summed E-state index contributed by atoms with van der Waals surface area (Å²) in [4.78, 5) is 46.0. The topological polar surface area (TPSA) is 211 Å². The molecule has 0 heterocycles. The highest BCUT2D eigenvalue weighted by Gasteiger charge is 2.31. The van der Waals surface area contributed by atoms with Gasteiger partial charge in [-0.2, -0.15) is 0 Å². The number of carboxylic acids is 1. The predicted octanol–water partition coefficient (Wildman–Crippen LogP) is -4.76. The maximum Gasteiger partial charge on any atom is 0.322 e. The van der Waals surface area contributed by atoms with Gasteiger partial charge in [-0.1, -0.05) is 0 Å². The fourth-order valence-electron chi connectivity index (χ4n) is 1.62. The molecular formula is C13H24N4O8. The van der Waals surface area contributed by atoms with E-state index >= 15 is 0 Å². The zero-order chi connectivity index (χ0) is 19.7. The van der Waals surface area contributed by atoms with Crippen molar-refractivity contribution in [1.82, 2.24) is 16.0 Å². The molecule has 144 valence electrons. The zero-order valence-electron chi connectivity index (χ0n) is 13.8. The lowest BCUT2D eigenvalue weighted by atomic mass is 10.1. The van der Waals surface area contributed by atoms with Crippen LogP contribution in [0.25, 0.3) is 0 Å². The van der Waals surface area contributed by atoms with Crippen molar-refractivity contribution in [2.45, 2.75) is 44.2 Å². The molecule has 0 saturated carbocycles. The average molecular weight is 364 g/mol. The van der Waals surface area contributed by atoms with E-state index in [0.29, 0.717) is 0 Å². The Bertz CT molecular complexity index is 496. The van der Waals surface area contributed by atoms with Crippen molar-refractivity contribution >= 4 is 23.7 Å². The van der Waals surface area contributed by atoms with Gasteiger partial charge in [0.2, 0.25) is 17.7 Å². The van der Waals surface area contributed by atoms with Crippen LogP contribution in [0, 0.1) is 0 Å². The van der Waals surface area contributed by atoms with E-state index in [1.165, 1.54) is 13.8 Å². The molecule has 0 aromatic carbocycles. The molecule has 9 N–H and O–H groups in total. The standard InChI is InChI=1S/C13H24N4O8/c1-5(19)9(14)12(24)17-10(6(2)20)13(25)16-7(4-18)11(23)15-3-8(21)22/h5-7,9-10,18-20H,3-4,14H2,1-2H3,(H,15,23)(H,16,25)(H,17,24)(H,21,22). The SMILES string of the molecule is CC(O)C(N)C(=O)NC(C(=O)NC(CO)C(=O)NCC(=O)O)C(C)O. The molecular weight excluding hydrogens is 340 g/mol. The Kier molecular flexibility index (Phi) is 9.59. The summed E-state index contributed by atoms with van der Waals surface area (Å²) in [6.07, 6.45) is -2.59. The summed E-state index contributed by atoms with van der Waals surface area (Å²) >= 11 is 0. The molecule has 0 saturated heterocycles. The van der Waals surface area contributed by atoms with E-state index in [9.17, 15) is 29.4 Å². The molecule has 0 radical (unpaired) electrons. The van der Waals surface area contributed by atoms with Gasteiger partial charge in [-0.3, -0.25) is 19.2 Å². The molecule has 0 fully saturated rings. The molecule has 25 heavy (non-hydrogen) atoms. The van der Waals surface area contributed by atoms with Crippen molar-refractivity contribution in [3.05, 3.63) is 0 Å². The van der Waals surface area contributed by atoms with E-state index in [0.717, 1.165) is 0 Å². The molecule has 0 rings (SSSR count). The number of amides is 3. The predicted molar refractivity (Wildman–Crippen MR) is 82.9 cm³/mol. The lowest BCUT2D eigenvalue weighted by molar-refractivity contribution is -0.139. The van der Waals surface area contributed by atoms with Crippen LogP contribution in [0.5, 0.6) is 0 Å². The number of aliphatic hydroxyl groups excluding tert-OH is 3. The van der Waals surface area contributed by atoms with E-state index in [4.69, 9.17) is 15.9 Å². The summed E-state index contributed by atoms with van der Waals surface area (Å²) < 4.78 is 0. The minimum atomic E-state index is -1.52. The van der Waals surface area contributed by atoms with Gasteiger partial charge in [0.25, 0.3) is 0 Å². The number of hydrogen-bond donors (Lipinski definition) is 8. The van der Waals surface area contributed by atoms with Crippen LogP contribution in [0.2, 0.25) is 0 Å². The van der Waals surface area contributed by atoms with E-state index in [-0.39, 0.29) is 0 Å². The maximum atomic E-state index is 12.1. The van der Waals surface area contributed by atoms with E-state index in [1.807, 2.05) is 5.32 Å². The number of aliphatic carboxylic acids is 1. The molecule has 5 atom stereocenters. The molecule has 12 nitrogen and oxygen atoms in total. The zero-order valence-corrected chi connectivity index (χ0v) is 13.8. The Morgan fingerprint density at radius 1 is 0.960 bits per heavy atom. The van der Waals surface area contributed by atoms with Gasteiger partial charge in [0.1, 0.15) is 24.7 Å². The minimum absolute atomic E-state index is 0.717. The summed E-state index contributed by atoms with van der Waals surface area (Å²) in [6, 6.07) is -4.35. The molecule has 0 aromatic rings. The smallest absolute Gasteiger partial charge is 0.322 e. The molecule has 3 amide bonds. The van der Waals surface area contributed by atoms with Crippen LogP contribution in [-0.4, -0.2) is 87.6 Å². The van der Waals surface area contributed by atoms with Gasteiger partial charge in [-0.15, -0.1) is 0 Å². The highest BCUT2D eigenvalue weighted by Crippen LogP contribution is 1.98. The van der Waals surface area contributed by atoms with Gasteiger partial charge < -0.3 is 42.1 Å². The third-order valence-electron chi connectivity index (χ3n) is 3.11. The second-order valence-corrected chi connectivity index (χ2v) is 5.35. The van der Waals surface area contributed by atoms with Gasteiger partial charge in [0, 0.05) is 0 Å². The third-order valence-corrected chi connectivity index (χ3v) is 3.11. The van der Waals surface area contributed by atoms with Crippen LogP contribution in [0.3, 0.4) is 0 Å². The van der Waals surface area contributed by atoms with Gasteiger partial charge >= 0.3 is 5.97 Å². The van der Waals surface area contributed by atoms with E-state index in [1.54, 1.807) is 0 Å². The fourth-order valence-corrected chi connectivity index (χ4v) is 1.62. The Morgan fingerprint density at radius 3 is 1.92 bits per heavy atom. The number of aliphatic hydroxyl groups is 3. The number of carbonyl (C=O) groups excluding carboxylic acids is 3. The second-order valence-electron chi connectivity index (χ2n) is 5.35. The Labute approximate surface area is 143 Å². The molecule has 0 bridgehead atoms. The van der Waals surface area contributed by atoms with Crippen LogP contribution in [0.1, 0.15) is 13.8 Å². The Hall–Kier alpha value is -2.28. The fraction of sp³-hybridized carbons (Fsp3) is 0.692. The first-order valence-corrected chi connectivity index (χ1v) is 7.34. The van der Waals surface area contributed by atoms with E-state index in [2.05, 4.69) is 10.6 Å². The van der Waals surface area contributed by atoms with Crippen molar-refractivity contribution in [2.75, 3.05) is 13.2 Å². The second kappa shape index (κ2) is 10.6. The van der Waals surface area contributed by atoms with Crippen molar-refractivity contribution in [1.29, 1.82) is 0 Å².